The van der Waals surface area contributed by atoms with Crippen LogP contribution in [0.3, 0.4) is 0 Å². The zero-order valence-corrected chi connectivity index (χ0v) is 20.8. The van der Waals surface area contributed by atoms with Crippen LogP contribution in [0, 0.1) is 6.92 Å². The minimum atomic E-state index is 0. The summed E-state index contributed by atoms with van der Waals surface area (Å²) in [5.74, 6) is 2.96. The third-order valence-corrected chi connectivity index (χ3v) is 6.29. The highest BCUT2D eigenvalue weighted by atomic mass is 127. The number of aliphatic imine (C=N–C) groups is 1. The van der Waals surface area contributed by atoms with Gasteiger partial charge in [-0.25, -0.2) is 0 Å². The Bertz CT molecular complexity index is 602. The van der Waals surface area contributed by atoms with E-state index in [1.807, 2.05) is 17.8 Å². The minimum absolute atomic E-state index is 0. The Morgan fingerprint density at radius 3 is 2.64 bits per heavy atom. The van der Waals surface area contributed by atoms with E-state index in [9.17, 15) is 0 Å². The Hall–Kier alpha value is -0.670. The van der Waals surface area contributed by atoms with Gasteiger partial charge in [0.05, 0.1) is 13.7 Å². The maximum Gasteiger partial charge on any atom is 0.191 e. The Kier molecular flexibility index (Phi) is 12.3. The number of methoxy groups -OCH3 is 1. The number of hydrogen-bond donors (Lipinski definition) is 2. The second-order valence-electron chi connectivity index (χ2n) is 6.92. The van der Waals surface area contributed by atoms with Gasteiger partial charge in [0.15, 0.2) is 5.96 Å². The number of guanidine groups is 1. The zero-order valence-electron chi connectivity index (χ0n) is 17.7. The van der Waals surface area contributed by atoms with Crippen molar-refractivity contribution in [2.24, 2.45) is 4.99 Å². The predicted octanol–water partition coefficient (Wildman–Crippen LogP) is 4.02. The Morgan fingerprint density at radius 2 is 2.00 bits per heavy atom. The van der Waals surface area contributed by atoms with Crippen LogP contribution in [-0.2, 0) is 11.2 Å². The summed E-state index contributed by atoms with van der Waals surface area (Å²) in [7, 11) is 1.73. The molecule has 1 aromatic carbocycles. The molecule has 0 unspecified atom stereocenters. The number of nitrogens with one attached hydrogen (secondary N) is 2. The second kappa shape index (κ2) is 13.5. The van der Waals surface area contributed by atoms with Gasteiger partial charge < -0.3 is 20.1 Å². The SMILES string of the molecule is CCNC(=NCC1(SCC)CCOCC1)NCCc1cc(C)ccc1OC.I. The third kappa shape index (κ3) is 7.99. The van der Waals surface area contributed by atoms with Crippen molar-refractivity contribution in [1.29, 1.82) is 0 Å². The van der Waals surface area contributed by atoms with Crippen molar-refractivity contribution in [3.63, 3.8) is 0 Å². The quantitative estimate of drug-likeness (QED) is 0.292. The molecule has 1 aromatic rings. The second-order valence-corrected chi connectivity index (χ2v) is 8.65. The number of nitrogens with zero attached hydrogens (tertiary/aromatic N) is 1. The van der Waals surface area contributed by atoms with Crippen molar-refractivity contribution in [2.75, 3.05) is 45.7 Å². The molecule has 0 aromatic heterocycles. The standard InChI is InChI=1S/C21H35N3O2S.HI/c1-5-22-20(24-16-21(27-6-2)10-13-26-14-11-21)23-12-9-18-15-17(3)7-8-19(18)25-4;/h7-8,15H,5-6,9-14,16H2,1-4H3,(H2,22,23,24);1H. The van der Waals surface area contributed by atoms with Crippen molar-refractivity contribution >= 4 is 41.7 Å². The Morgan fingerprint density at radius 1 is 1.25 bits per heavy atom. The van der Waals surface area contributed by atoms with Crippen LogP contribution >= 0.6 is 35.7 Å². The lowest BCUT2D eigenvalue weighted by Gasteiger charge is -2.35. The first-order valence-electron chi connectivity index (χ1n) is 10.00. The molecule has 2 rings (SSSR count). The molecule has 1 aliphatic heterocycles. The fourth-order valence-electron chi connectivity index (χ4n) is 3.38. The number of hydrogen-bond acceptors (Lipinski definition) is 4. The number of thioether (sulfide) groups is 1. The number of ether oxygens (including phenoxy) is 2. The molecule has 7 heteroatoms. The summed E-state index contributed by atoms with van der Waals surface area (Å²) in [5, 5.41) is 6.86. The smallest absolute Gasteiger partial charge is 0.191 e. The monoisotopic (exact) mass is 521 g/mol. The van der Waals surface area contributed by atoms with Crippen LogP contribution < -0.4 is 15.4 Å². The predicted molar refractivity (Wildman–Crippen MR) is 132 cm³/mol. The highest BCUT2D eigenvalue weighted by Gasteiger charge is 2.32. The van der Waals surface area contributed by atoms with E-state index in [0.29, 0.717) is 0 Å². The van der Waals surface area contributed by atoms with Gasteiger partial charge in [-0.15, -0.1) is 24.0 Å². The summed E-state index contributed by atoms with van der Waals surface area (Å²) in [5.41, 5.74) is 2.48. The molecule has 0 aliphatic carbocycles. The molecule has 1 fully saturated rings. The molecular weight excluding hydrogens is 485 g/mol. The molecule has 0 atom stereocenters. The molecular formula is C21H36IN3O2S. The summed E-state index contributed by atoms with van der Waals surface area (Å²) < 4.78 is 11.3. The largest absolute Gasteiger partial charge is 0.496 e. The van der Waals surface area contributed by atoms with Gasteiger partial charge >= 0.3 is 0 Å². The van der Waals surface area contributed by atoms with Gasteiger partial charge in [-0.1, -0.05) is 24.6 Å². The van der Waals surface area contributed by atoms with Crippen LogP contribution in [0.5, 0.6) is 5.75 Å². The highest BCUT2D eigenvalue weighted by molar-refractivity contribution is 14.0. The van der Waals surface area contributed by atoms with Gasteiger partial charge in [-0.3, -0.25) is 4.99 Å². The van der Waals surface area contributed by atoms with E-state index in [2.05, 4.69) is 43.5 Å². The third-order valence-electron chi connectivity index (χ3n) is 4.85. The van der Waals surface area contributed by atoms with Crippen molar-refractivity contribution in [2.45, 2.75) is 44.8 Å². The lowest BCUT2D eigenvalue weighted by Crippen LogP contribution is -2.41. The van der Waals surface area contributed by atoms with Crippen molar-refractivity contribution in [1.82, 2.24) is 10.6 Å². The van der Waals surface area contributed by atoms with Crippen molar-refractivity contribution < 1.29 is 9.47 Å². The molecule has 0 spiro atoms. The first-order valence-corrected chi connectivity index (χ1v) is 11.0. The molecule has 0 bridgehead atoms. The molecule has 160 valence electrons. The van der Waals surface area contributed by atoms with Crippen LogP contribution in [-0.4, -0.2) is 56.4 Å². The summed E-state index contributed by atoms with van der Waals surface area (Å²) in [6.07, 6.45) is 3.06. The van der Waals surface area contributed by atoms with Gasteiger partial charge in [0.1, 0.15) is 5.75 Å². The molecule has 28 heavy (non-hydrogen) atoms. The van der Waals surface area contributed by atoms with Crippen LogP contribution in [0.4, 0.5) is 0 Å². The van der Waals surface area contributed by atoms with E-state index in [1.54, 1.807) is 7.11 Å². The number of benzene rings is 1. The molecule has 0 amide bonds. The Labute approximate surface area is 191 Å². The van der Waals surface area contributed by atoms with E-state index in [-0.39, 0.29) is 28.7 Å². The normalized spacial score (nSPS) is 16.2. The summed E-state index contributed by atoms with van der Waals surface area (Å²) >= 11 is 2.03. The topological polar surface area (TPSA) is 54.9 Å². The highest BCUT2D eigenvalue weighted by Crippen LogP contribution is 2.35. The lowest BCUT2D eigenvalue weighted by molar-refractivity contribution is 0.0793. The van der Waals surface area contributed by atoms with Crippen LogP contribution in [0.25, 0.3) is 0 Å². The fourth-order valence-corrected chi connectivity index (χ4v) is 4.60. The van der Waals surface area contributed by atoms with E-state index in [0.717, 1.165) is 69.6 Å². The average molecular weight is 522 g/mol. The fraction of sp³-hybridized carbons (Fsp3) is 0.667. The van der Waals surface area contributed by atoms with E-state index in [1.165, 1.54) is 11.1 Å². The van der Waals surface area contributed by atoms with E-state index < -0.39 is 0 Å². The van der Waals surface area contributed by atoms with Crippen molar-refractivity contribution in [3.05, 3.63) is 29.3 Å². The van der Waals surface area contributed by atoms with E-state index >= 15 is 0 Å². The zero-order chi connectivity index (χ0) is 19.5. The molecule has 2 N–H and O–H groups in total. The molecule has 0 radical (unpaired) electrons. The van der Waals surface area contributed by atoms with Gasteiger partial charge in [0, 0.05) is 31.1 Å². The summed E-state index contributed by atoms with van der Waals surface area (Å²) in [6.45, 7) is 10.6. The molecule has 1 saturated heterocycles. The summed E-state index contributed by atoms with van der Waals surface area (Å²) in [4.78, 5) is 4.91. The number of halogens is 1. The first kappa shape index (κ1) is 25.4. The Balaban J connectivity index is 0.00000392. The van der Waals surface area contributed by atoms with E-state index in [4.69, 9.17) is 14.5 Å². The van der Waals surface area contributed by atoms with Gasteiger partial charge in [0.25, 0.3) is 0 Å². The van der Waals surface area contributed by atoms with Crippen LogP contribution in [0.15, 0.2) is 23.2 Å². The number of rotatable bonds is 9. The van der Waals surface area contributed by atoms with Gasteiger partial charge in [-0.2, -0.15) is 11.8 Å². The molecule has 1 heterocycles. The maximum atomic E-state index is 5.57. The number of aryl methyl sites for hydroxylation is 1. The first-order chi connectivity index (χ1) is 13.1. The van der Waals surface area contributed by atoms with Gasteiger partial charge in [-0.05, 0) is 50.5 Å². The lowest BCUT2D eigenvalue weighted by atomic mass is 9.99. The minimum Gasteiger partial charge on any atom is -0.496 e. The molecule has 5 nitrogen and oxygen atoms in total. The molecule has 0 saturated carbocycles. The average Bonchev–Trinajstić information content (AvgIpc) is 2.67. The molecule has 1 aliphatic rings. The summed E-state index contributed by atoms with van der Waals surface area (Å²) in [6, 6.07) is 6.32. The van der Waals surface area contributed by atoms with Crippen molar-refractivity contribution in [3.8, 4) is 5.75 Å². The van der Waals surface area contributed by atoms with Crippen LogP contribution in [0.2, 0.25) is 0 Å². The van der Waals surface area contributed by atoms with Gasteiger partial charge in [0.2, 0.25) is 0 Å². The maximum absolute atomic E-state index is 5.57. The van der Waals surface area contributed by atoms with Crippen LogP contribution in [0.1, 0.15) is 37.8 Å².